The summed E-state index contributed by atoms with van der Waals surface area (Å²) in [5.41, 5.74) is 5.68. The first-order valence-electron chi connectivity index (χ1n) is 11.7. The third kappa shape index (κ3) is 5.03. The number of ketones is 2. The summed E-state index contributed by atoms with van der Waals surface area (Å²) in [5, 5.41) is 5.40. The highest BCUT2D eigenvalue weighted by Gasteiger charge is 2.54. The van der Waals surface area contributed by atoms with Crippen molar-refractivity contribution < 1.29 is 24.0 Å². The van der Waals surface area contributed by atoms with Crippen LogP contribution in [0.5, 0.6) is 0 Å². The van der Waals surface area contributed by atoms with Gasteiger partial charge in [-0.3, -0.25) is 24.0 Å². The van der Waals surface area contributed by atoms with Crippen molar-refractivity contribution >= 4 is 29.3 Å². The molecule has 0 spiro atoms. The van der Waals surface area contributed by atoms with Crippen LogP contribution in [-0.2, 0) is 24.0 Å². The summed E-state index contributed by atoms with van der Waals surface area (Å²) < 4.78 is 0. The molecule has 1 heterocycles. The molecule has 3 amide bonds. The maximum Gasteiger partial charge on any atom is 0.289 e. The molecule has 3 rings (SSSR count). The zero-order chi connectivity index (χ0) is 23.8. The van der Waals surface area contributed by atoms with Crippen molar-refractivity contribution in [2.45, 2.75) is 90.4 Å². The Morgan fingerprint density at radius 2 is 1.81 bits per heavy atom. The maximum absolute atomic E-state index is 13.4. The van der Waals surface area contributed by atoms with Gasteiger partial charge in [-0.1, -0.05) is 34.1 Å². The molecule has 2 saturated carbocycles. The summed E-state index contributed by atoms with van der Waals surface area (Å²) in [4.78, 5) is 65.4. The predicted octanol–water partition coefficient (Wildman–Crippen LogP) is 0.299. The minimum Gasteiger partial charge on any atom is -0.347 e. The van der Waals surface area contributed by atoms with E-state index in [-0.39, 0.29) is 36.1 Å². The Morgan fingerprint density at radius 3 is 2.38 bits per heavy atom. The first-order valence-corrected chi connectivity index (χ1v) is 11.7. The Kier molecular flexibility index (Phi) is 7.07. The van der Waals surface area contributed by atoms with Crippen LogP contribution >= 0.6 is 0 Å². The van der Waals surface area contributed by atoms with Gasteiger partial charge in [0, 0.05) is 30.8 Å². The van der Waals surface area contributed by atoms with Gasteiger partial charge in [0.1, 0.15) is 11.8 Å². The molecule has 1 unspecified atom stereocenters. The molecule has 3 aliphatic rings. The second kappa shape index (κ2) is 9.29. The smallest absolute Gasteiger partial charge is 0.289 e. The second-order valence-electron chi connectivity index (χ2n) is 10.5. The molecule has 0 bridgehead atoms. The first kappa shape index (κ1) is 24.4. The van der Waals surface area contributed by atoms with E-state index in [0.717, 1.165) is 12.8 Å². The topological polar surface area (TPSA) is 139 Å². The Hall–Kier alpha value is -2.29. The van der Waals surface area contributed by atoms with Gasteiger partial charge in [-0.2, -0.15) is 0 Å². The lowest BCUT2D eigenvalue weighted by Gasteiger charge is -2.34. The van der Waals surface area contributed by atoms with Gasteiger partial charge in [0.15, 0.2) is 0 Å². The average molecular weight is 449 g/mol. The monoisotopic (exact) mass is 448 g/mol. The van der Waals surface area contributed by atoms with Gasteiger partial charge in [0.2, 0.25) is 17.6 Å². The van der Waals surface area contributed by atoms with Crippen molar-refractivity contribution in [3.8, 4) is 0 Å². The van der Waals surface area contributed by atoms with Crippen LogP contribution in [0.15, 0.2) is 0 Å². The van der Waals surface area contributed by atoms with E-state index in [1.54, 1.807) is 0 Å². The maximum atomic E-state index is 13.4. The highest BCUT2D eigenvalue weighted by Crippen LogP contribution is 2.41. The largest absolute Gasteiger partial charge is 0.347 e. The number of nitrogens with zero attached hydrogens (tertiary/aromatic N) is 1. The normalized spacial score (nSPS) is 27.0. The van der Waals surface area contributed by atoms with E-state index in [1.807, 2.05) is 27.7 Å². The van der Waals surface area contributed by atoms with E-state index in [1.165, 1.54) is 4.90 Å². The van der Waals surface area contributed by atoms with Gasteiger partial charge >= 0.3 is 0 Å². The number of hydrogen-bond acceptors (Lipinski definition) is 6. The van der Waals surface area contributed by atoms with E-state index in [9.17, 15) is 24.0 Å². The fourth-order valence-corrected chi connectivity index (χ4v) is 4.68. The van der Waals surface area contributed by atoms with Gasteiger partial charge < -0.3 is 21.3 Å². The number of rotatable bonds is 8. The molecule has 0 radical (unpaired) electrons. The van der Waals surface area contributed by atoms with E-state index in [0.29, 0.717) is 25.7 Å². The number of Topliss-reactive ketones (excluding diaryl/α,β-unsaturated/α-hetero) is 2. The lowest BCUT2D eigenvalue weighted by molar-refractivity contribution is -0.144. The van der Waals surface area contributed by atoms with E-state index >= 15 is 0 Å². The Morgan fingerprint density at radius 1 is 1.16 bits per heavy atom. The van der Waals surface area contributed by atoms with Crippen molar-refractivity contribution in [2.75, 3.05) is 6.54 Å². The number of fused-ring (bicyclic) bond motifs is 1. The van der Waals surface area contributed by atoms with Gasteiger partial charge in [-0.05, 0) is 31.1 Å². The van der Waals surface area contributed by atoms with Gasteiger partial charge in [0.25, 0.3) is 5.91 Å². The first-order chi connectivity index (χ1) is 15.0. The number of amides is 3. The minimum atomic E-state index is -0.962. The number of hydrogen-bond donors (Lipinski definition) is 3. The summed E-state index contributed by atoms with van der Waals surface area (Å²) in [5.74, 6) is -2.85. The minimum absolute atomic E-state index is 0.0384. The average Bonchev–Trinajstić information content (AvgIpc) is 3.34. The number of nitrogens with two attached hydrogens (primary N) is 1. The molecule has 3 fully saturated rings. The van der Waals surface area contributed by atoms with Crippen LogP contribution in [-0.4, -0.2) is 64.9 Å². The molecule has 5 atom stereocenters. The number of carbonyl (C=O) groups excluding carboxylic acids is 5. The molecular formula is C23H36N4O5. The van der Waals surface area contributed by atoms with Gasteiger partial charge in [-0.25, -0.2) is 0 Å². The third-order valence-electron chi connectivity index (χ3n) is 6.89. The zero-order valence-electron chi connectivity index (χ0n) is 19.5. The van der Waals surface area contributed by atoms with Crippen LogP contribution in [0.2, 0.25) is 0 Å². The van der Waals surface area contributed by atoms with E-state index in [4.69, 9.17) is 5.73 Å². The molecule has 4 N–H and O–H groups in total. The fraction of sp³-hybridized carbons (Fsp3) is 0.783. The SMILES string of the molecule is CCCC(NC(=O)[C@@H]1[C@H]2CCC(=O)[C@H]2CN1C(=O)[C@@H](N)C(C)(C)C)C(=O)C(=O)NC1CC1. The molecule has 0 aromatic rings. The molecule has 32 heavy (non-hydrogen) atoms. The highest BCUT2D eigenvalue weighted by atomic mass is 16.2. The summed E-state index contributed by atoms with van der Waals surface area (Å²) in [7, 11) is 0. The fourth-order valence-electron chi connectivity index (χ4n) is 4.68. The van der Waals surface area contributed by atoms with Crippen LogP contribution in [0.4, 0.5) is 0 Å². The highest BCUT2D eigenvalue weighted by molar-refractivity contribution is 6.38. The molecule has 9 heteroatoms. The van der Waals surface area contributed by atoms with Gasteiger partial charge in [-0.15, -0.1) is 0 Å². The molecule has 9 nitrogen and oxygen atoms in total. The lowest BCUT2D eigenvalue weighted by Crippen LogP contribution is -2.58. The number of likely N-dealkylation sites (tertiary alicyclic amines) is 1. The predicted molar refractivity (Wildman–Crippen MR) is 117 cm³/mol. The summed E-state index contributed by atoms with van der Waals surface area (Å²) >= 11 is 0. The van der Waals surface area contributed by atoms with Gasteiger partial charge in [0.05, 0.1) is 12.1 Å². The summed E-state index contributed by atoms with van der Waals surface area (Å²) in [6.45, 7) is 7.58. The van der Waals surface area contributed by atoms with E-state index < -0.39 is 41.1 Å². The molecule has 0 aromatic carbocycles. The third-order valence-corrected chi connectivity index (χ3v) is 6.89. The molecule has 0 aromatic heterocycles. The zero-order valence-corrected chi connectivity index (χ0v) is 19.5. The molecule has 2 aliphatic carbocycles. The van der Waals surface area contributed by atoms with Crippen LogP contribution in [0.1, 0.15) is 66.2 Å². The number of nitrogens with one attached hydrogen (secondary N) is 2. The van der Waals surface area contributed by atoms with Crippen molar-refractivity contribution in [3.05, 3.63) is 0 Å². The second-order valence-corrected chi connectivity index (χ2v) is 10.5. The van der Waals surface area contributed by atoms with Crippen molar-refractivity contribution in [1.29, 1.82) is 0 Å². The lowest BCUT2D eigenvalue weighted by atomic mass is 9.86. The number of carbonyl (C=O) groups is 5. The molecule has 178 valence electrons. The van der Waals surface area contributed by atoms with E-state index in [2.05, 4.69) is 10.6 Å². The summed E-state index contributed by atoms with van der Waals surface area (Å²) in [6, 6.07) is -2.62. The van der Waals surface area contributed by atoms with Crippen LogP contribution in [0, 0.1) is 17.3 Å². The van der Waals surface area contributed by atoms with Crippen molar-refractivity contribution in [3.63, 3.8) is 0 Å². The molecule has 1 saturated heterocycles. The van der Waals surface area contributed by atoms with Crippen molar-refractivity contribution in [2.24, 2.45) is 23.0 Å². The Balaban J connectivity index is 1.79. The van der Waals surface area contributed by atoms with Crippen LogP contribution in [0.25, 0.3) is 0 Å². The Labute approximate surface area is 189 Å². The molecular weight excluding hydrogens is 412 g/mol. The van der Waals surface area contributed by atoms with Crippen molar-refractivity contribution in [1.82, 2.24) is 15.5 Å². The van der Waals surface area contributed by atoms with Crippen LogP contribution < -0.4 is 16.4 Å². The Bertz CT molecular complexity index is 801. The molecule has 1 aliphatic heterocycles. The quantitative estimate of drug-likeness (QED) is 0.457. The standard InChI is InChI=1S/C23H36N4O5/c1-5-6-15(18(29)21(31)25-12-7-8-12)26-20(30)17-13-9-10-16(28)14(13)11-27(17)22(32)19(24)23(2,3)4/h12-15,17,19H,5-11,24H2,1-4H3,(H,25,31)(H,26,30)/t13-,14-,15?,17-,19+/m0/s1. The summed E-state index contributed by atoms with van der Waals surface area (Å²) in [6.07, 6.45) is 3.53. The van der Waals surface area contributed by atoms with Crippen LogP contribution in [0.3, 0.4) is 0 Å².